The molecule has 2 aromatic rings. The standard InChI is InChI=1S/C17H21ClN2S/c18-15-5-3-13(4-6-15)10-20-11-14(8-16(19)12-20)9-17-2-1-7-21-17/h1-7,14,16H,8-12,19H2. The van der Waals surface area contributed by atoms with E-state index in [1.165, 1.54) is 10.4 Å². The lowest BCUT2D eigenvalue weighted by Crippen LogP contribution is -2.47. The molecule has 0 spiro atoms. The molecule has 21 heavy (non-hydrogen) atoms. The first-order chi connectivity index (χ1) is 10.2. The summed E-state index contributed by atoms with van der Waals surface area (Å²) < 4.78 is 0. The summed E-state index contributed by atoms with van der Waals surface area (Å²) in [6.07, 6.45) is 2.29. The van der Waals surface area contributed by atoms with Gasteiger partial charge < -0.3 is 5.73 Å². The Labute approximate surface area is 135 Å². The van der Waals surface area contributed by atoms with Crippen molar-refractivity contribution in [3.63, 3.8) is 0 Å². The molecular weight excluding hydrogens is 300 g/mol. The summed E-state index contributed by atoms with van der Waals surface area (Å²) in [5.41, 5.74) is 7.57. The Kier molecular flexibility index (Phi) is 4.96. The fourth-order valence-electron chi connectivity index (χ4n) is 3.19. The highest BCUT2D eigenvalue weighted by atomic mass is 35.5. The summed E-state index contributed by atoms with van der Waals surface area (Å²) in [6, 6.07) is 12.8. The predicted octanol–water partition coefficient (Wildman–Crippen LogP) is 3.79. The summed E-state index contributed by atoms with van der Waals surface area (Å²) in [5.74, 6) is 0.666. The molecule has 1 aromatic heterocycles. The van der Waals surface area contributed by atoms with Gasteiger partial charge in [-0.15, -0.1) is 11.3 Å². The summed E-state index contributed by atoms with van der Waals surface area (Å²) in [6.45, 7) is 3.09. The molecule has 0 amide bonds. The van der Waals surface area contributed by atoms with Gasteiger partial charge in [-0.25, -0.2) is 0 Å². The summed E-state index contributed by atoms with van der Waals surface area (Å²) in [5, 5.41) is 2.95. The quantitative estimate of drug-likeness (QED) is 0.928. The van der Waals surface area contributed by atoms with Gasteiger partial charge in [0.05, 0.1) is 0 Å². The van der Waals surface area contributed by atoms with Crippen LogP contribution in [-0.2, 0) is 13.0 Å². The second-order valence-corrected chi connectivity index (χ2v) is 7.43. The SMILES string of the molecule is NC1CC(Cc2cccs2)CN(Cc2ccc(Cl)cc2)C1. The Morgan fingerprint density at radius 2 is 2.00 bits per heavy atom. The highest BCUT2D eigenvalue weighted by Crippen LogP contribution is 2.24. The van der Waals surface area contributed by atoms with Crippen LogP contribution in [-0.4, -0.2) is 24.0 Å². The van der Waals surface area contributed by atoms with Crippen LogP contribution in [0.3, 0.4) is 0 Å². The zero-order chi connectivity index (χ0) is 14.7. The van der Waals surface area contributed by atoms with Gasteiger partial charge in [0, 0.05) is 35.6 Å². The van der Waals surface area contributed by atoms with Crippen LogP contribution in [0.4, 0.5) is 0 Å². The van der Waals surface area contributed by atoms with Gasteiger partial charge in [0.25, 0.3) is 0 Å². The zero-order valence-corrected chi connectivity index (χ0v) is 13.6. The molecule has 2 N–H and O–H groups in total. The van der Waals surface area contributed by atoms with Crippen molar-refractivity contribution < 1.29 is 0 Å². The molecule has 2 nitrogen and oxygen atoms in total. The Balaban J connectivity index is 1.61. The number of likely N-dealkylation sites (tertiary alicyclic amines) is 1. The highest BCUT2D eigenvalue weighted by Gasteiger charge is 2.25. The minimum atomic E-state index is 0.288. The smallest absolute Gasteiger partial charge is 0.0406 e. The molecule has 3 rings (SSSR count). The molecule has 0 radical (unpaired) electrons. The van der Waals surface area contributed by atoms with E-state index in [2.05, 4.69) is 34.5 Å². The first-order valence-electron chi connectivity index (χ1n) is 7.44. The van der Waals surface area contributed by atoms with Crippen molar-refractivity contribution in [2.75, 3.05) is 13.1 Å². The summed E-state index contributed by atoms with van der Waals surface area (Å²) in [4.78, 5) is 3.95. The monoisotopic (exact) mass is 320 g/mol. The van der Waals surface area contributed by atoms with E-state index in [0.717, 1.165) is 37.5 Å². The number of nitrogens with two attached hydrogens (primary N) is 1. The fourth-order valence-corrected chi connectivity index (χ4v) is 4.13. The van der Waals surface area contributed by atoms with Gasteiger partial charge in [-0.05, 0) is 47.9 Å². The van der Waals surface area contributed by atoms with Crippen LogP contribution < -0.4 is 5.73 Å². The van der Waals surface area contributed by atoms with E-state index in [1.807, 2.05) is 23.5 Å². The average Bonchev–Trinajstić information content (AvgIpc) is 2.93. The predicted molar refractivity (Wildman–Crippen MR) is 90.8 cm³/mol. The third-order valence-corrected chi connectivity index (χ3v) is 5.19. The Hall–Kier alpha value is -0.870. The topological polar surface area (TPSA) is 29.3 Å². The van der Waals surface area contributed by atoms with Crippen molar-refractivity contribution >= 4 is 22.9 Å². The minimum Gasteiger partial charge on any atom is -0.327 e. The molecule has 0 aliphatic carbocycles. The van der Waals surface area contributed by atoms with Crippen LogP contribution in [0.2, 0.25) is 5.02 Å². The van der Waals surface area contributed by atoms with Gasteiger partial charge in [-0.1, -0.05) is 29.8 Å². The molecule has 1 fully saturated rings. The third-order valence-electron chi connectivity index (χ3n) is 4.03. The number of nitrogens with zero attached hydrogens (tertiary/aromatic N) is 1. The van der Waals surface area contributed by atoms with Gasteiger partial charge in [0.2, 0.25) is 0 Å². The zero-order valence-electron chi connectivity index (χ0n) is 12.0. The van der Waals surface area contributed by atoms with Gasteiger partial charge >= 0.3 is 0 Å². The van der Waals surface area contributed by atoms with Crippen LogP contribution in [0.15, 0.2) is 41.8 Å². The van der Waals surface area contributed by atoms with Crippen LogP contribution in [0.5, 0.6) is 0 Å². The highest BCUT2D eigenvalue weighted by molar-refractivity contribution is 7.09. The third kappa shape index (κ3) is 4.30. The maximum absolute atomic E-state index is 6.26. The van der Waals surface area contributed by atoms with Gasteiger partial charge in [-0.2, -0.15) is 0 Å². The minimum absolute atomic E-state index is 0.288. The molecule has 1 aromatic carbocycles. The van der Waals surface area contributed by atoms with Crippen molar-refractivity contribution in [2.45, 2.75) is 25.4 Å². The normalized spacial score (nSPS) is 23.3. The van der Waals surface area contributed by atoms with Gasteiger partial charge in [0.1, 0.15) is 0 Å². The fraction of sp³-hybridized carbons (Fsp3) is 0.412. The van der Waals surface area contributed by atoms with Crippen molar-refractivity contribution in [2.24, 2.45) is 11.7 Å². The lowest BCUT2D eigenvalue weighted by atomic mass is 9.91. The van der Waals surface area contributed by atoms with Crippen molar-refractivity contribution in [1.82, 2.24) is 4.90 Å². The number of halogens is 1. The van der Waals surface area contributed by atoms with E-state index >= 15 is 0 Å². The Morgan fingerprint density at radius 3 is 2.71 bits per heavy atom. The first kappa shape index (κ1) is 15.0. The molecule has 2 unspecified atom stereocenters. The molecule has 4 heteroatoms. The van der Waals surface area contributed by atoms with Crippen LogP contribution >= 0.6 is 22.9 Å². The van der Waals surface area contributed by atoms with E-state index in [1.54, 1.807) is 0 Å². The summed E-state index contributed by atoms with van der Waals surface area (Å²) in [7, 11) is 0. The van der Waals surface area contributed by atoms with E-state index in [4.69, 9.17) is 17.3 Å². The van der Waals surface area contributed by atoms with Gasteiger partial charge in [-0.3, -0.25) is 4.90 Å². The van der Waals surface area contributed by atoms with Crippen molar-refractivity contribution in [1.29, 1.82) is 0 Å². The molecular formula is C17H21ClN2S. The number of hydrogen-bond donors (Lipinski definition) is 1. The molecule has 1 saturated heterocycles. The number of thiophene rings is 1. The van der Waals surface area contributed by atoms with E-state index in [9.17, 15) is 0 Å². The molecule has 1 aliphatic rings. The Morgan fingerprint density at radius 1 is 1.19 bits per heavy atom. The molecule has 0 saturated carbocycles. The van der Waals surface area contributed by atoms with Crippen LogP contribution in [0.25, 0.3) is 0 Å². The van der Waals surface area contributed by atoms with Gasteiger partial charge in [0.15, 0.2) is 0 Å². The van der Waals surface area contributed by atoms with E-state index < -0.39 is 0 Å². The molecule has 1 aliphatic heterocycles. The van der Waals surface area contributed by atoms with Crippen molar-refractivity contribution in [3.8, 4) is 0 Å². The number of hydrogen-bond acceptors (Lipinski definition) is 3. The average molecular weight is 321 g/mol. The number of benzene rings is 1. The lowest BCUT2D eigenvalue weighted by Gasteiger charge is -2.36. The maximum Gasteiger partial charge on any atom is 0.0406 e. The molecule has 2 heterocycles. The number of piperidine rings is 1. The molecule has 2 atom stereocenters. The Bertz CT molecular complexity index is 553. The lowest BCUT2D eigenvalue weighted by molar-refractivity contribution is 0.150. The summed E-state index contributed by atoms with van der Waals surface area (Å²) >= 11 is 7.80. The van der Waals surface area contributed by atoms with E-state index in [0.29, 0.717) is 5.92 Å². The van der Waals surface area contributed by atoms with E-state index in [-0.39, 0.29) is 6.04 Å². The maximum atomic E-state index is 6.26. The van der Waals surface area contributed by atoms with Crippen molar-refractivity contribution in [3.05, 3.63) is 57.2 Å². The van der Waals surface area contributed by atoms with Crippen LogP contribution in [0, 0.1) is 5.92 Å². The first-order valence-corrected chi connectivity index (χ1v) is 8.69. The number of rotatable bonds is 4. The largest absolute Gasteiger partial charge is 0.327 e. The molecule has 112 valence electrons. The molecule has 0 bridgehead atoms. The second kappa shape index (κ2) is 6.93. The second-order valence-electron chi connectivity index (χ2n) is 5.97. The van der Waals surface area contributed by atoms with Crippen LogP contribution in [0.1, 0.15) is 16.9 Å².